The van der Waals surface area contributed by atoms with Gasteiger partial charge in [-0.2, -0.15) is 5.26 Å². The summed E-state index contributed by atoms with van der Waals surface area (Å²) < 4.78 is 0. The number of benzene rings is 1. The van der Waals surface area contributed by atoms with Gasteiger partial charge in [-0.05, 0) is 32.5 Å². The second-order valence-corrected chi connectivity index (χ2v) is 4.86. The van der Waals surface area contributed by atoms with Crippen molar-refractivity contribution in [1.82, 2.24) is 5.32 Å². The lowest BCUT2D eigenvalue weighted by Crippen LogP contribution is -2.28. The minimum Gasteiger partial charge on any atom is -0.481 e. The molecule has 2 unspecified atom stereocenters. The summed E-state index contributed by atoms with van der Waals surface area (Å²) in [6.07, 6.45) is 0.963. The van der Waals surface area contributed by atoms with E-state index in [2.05, 4.69) is 11.4 Å². The van der Waals surface area contributed by atoms with Gasteiger partial charge >= 0.3 is 5.97 Å². The van der Waals surface area contributed by atoms with Gasteiger partial charge in [0.2, 0.25) is 0 Å². The zero-order valence-electron chi connectivity index (χ0n) is 12.7. The van der Waals surface area contributed by atoms with E-state index in [4.69, 9.17) is 5.11 Å². The first-order valence-corrected chi connectivity index (χ1v) is 6.75. The van der Waals surface area contributed by atoms with Crippen LogP contribution in [0.1, 0.15) is 32.3 Å². The maximum atomic E-state index is 10.9. The molecule has 0 bridgehead atoms. The molecule has 0 heterocycles. The summed E-state index contributed by atoms with van der Waals surface area (Å²) >= 11 is 0. The fraction of sp³-hybridized carbons (Fsp3) is 0.500. The van der Waals surface area contributed by atoms with Crippen LogP contribution in [0.15, 0.2) is 30.3 Å². The predicted octanol–water partition coefficient (Wildman–Crippen LogP) is 2.80. The maximum absolute atomic E-state index is 10.9. The van der Waals surface area contributed by atoms with Crippen molar-refractivity contribution in [2.75, 3.05) is 14.1 Å². The van der Waals surface area contributed by atoms with E-state index in [0.29, 0.717) is 12.8 Å². The van der Waals surface area contributed by atoms with Crippen molar-refractivity contribution in [2.24, 2.45) is 5.92 Å². The predicted molar refractivity (Wildman–Crippen MR) is 80.4 cm³/mol. The van der Waals surface area contributed by atoms with Gasteiger partial charge in [-0.3, -0.25) is 4.79 Å². The van der Waals surface area contributed by atoms with E-state index in [0.717, 1.165) is 5.56 Å². The average molecular weight is 276 g/mol. The van der Waals surface area contributed by atoms with Gasteiger partial charge < -0.3 is 10.4 Å². The molecule has 4 nitrogen and oxygen atoms in total. The molecule has 0 spiro atoms. The molecule has 1 aromatic carbocycles. The highest BCUT2D eigenvalue weighted by molar-refractivity contribution is 5.69. The van der Waals surface area contributed by atoms with Crippen LogP contribution in [0.25, 0.3) is 0 Å². The summed E-state index contributed by atoms with van der Waals surface area (Å²) in [6, 6.07) is 11.7. The fourth-order valence-electron chi connectivity index (χ4n) is 2.02. The number of nitrogens with zero attached hydrogens (tertiary/aromatic N) is 1. The molecule has 0 aliphatic rings. The molecule has 0 radical (unpaired) electrons. The lowest BCUT2D eigenvalue weighted by molar-refractivity contribution is -0.141. The van der Waals surface area contributed by atoms with Crippen molar-refractivity contribution in [3.63, 3.8) is 0 Å². The standard InChI is InChI=1S/C14H17NO2.C2H7N/c1-3-14(10-15,9-11(2)13(16)17)12-7-5-4-6-8-12;1-3-2/h4-8,11H,3,9H2,1-2H3,(H,16,17);3H,1-2H3. The number of nitrogens with one attached hydrogen (secondary N) is 1. The molecule has 1 aromatic rings. The molecule has 110 valence electrons. The van der Waals surface area contributed by atoms with E-state index in [-0.39, 0.29) is 0 Å². The summed E-state index contributed by atoms with van der Waals surface area (Å²) in [6.45, 7) is 3.57. The zero-order chi connectivity index (χ0) is 15.6. The molecule has 2 atom stereocenters. The first-order chi connectivity index (χ1) is 9.47. The molecule has 0 aliphatic heterocycles. The maximum Gasteiger partial charge on any atom is 0.306 e. The van der Waals surface area contributed by atoms with Crippen molar-refractivity contribution in [3.05, 3.63) is 35.9 Å². The van der Waals surface area contributed by atoms with Crippen molar-refractivity contribution >= 4 is 5.97 Å². The molecular weight excluding hydrogens is 252 g/mol. The number of hydrogen-bond donors (Lipinski definition) is 2. The first-order valence-electron chi connectivity index (χ1n) is 6.75. The molecule has 0 amide bonds. The topological polar surface area (TPSA) is 73.1 Å². The van der Waals surface area contributed by atoms with Crippen molar-refractivity contribution in [2.45, 2.75) is 32.1 Å². The molecule has 4 heteroatoms. The molecule has 0 saturated carbocycles. The Balaban J connectivity index is 0.00000110. The molecule has 20 heavy (non-hydrogen) atoms. The molecule has 2 N–H and O–H groups in total. The zero-order valence-corrected chi connectivity index (χ0v) is 12.7. The van der Waals surface area contributed by atoms with Crippen LogP contribution in [-0.2, 0) is 10.2 Å². The van der Waals surface area contributed by atoms with Crippen LogP contribution in [0.3, 0.4) is 0 Å². The summed E-state index contributed by atoms with van der Waals surface area (Å²) in [5.74, 6) is -1.37. The summed E-state index contributed by atoms with van der Waals surface area (Å²) in [5, 5.41) is 21.1. The third-order valence-electron chi connectivity index (χ3n) is 3.22. The van der Waals surface area contributed by atoms with Gasteiger partial charge in [0.1, 0.15) is 0 Å². The van der Waals surface area contributed by atoms with Crippen molar-refractivity contribution in [1.29, 1.82) is 5.26 Å². The Morgan fingerprint density at radius 1 is 1.40 bits per heavy atom. The number of carboxylic acids is 1. The van der Waals surface area contributed by atoms with Gasteiger partial charge in [-0.25, -0.2) is 0 Å². The van der Waals surface area contributed by atoms with E-state index >= 15 is 0 Å². The Bertz CT molecular complexity index is 440. The lowest BCUT2D eigenvalue weighted by Gasteiger charge is -2.27. The van der Waals surface area contributed by atoms with Crippen LogP contribution < -0.4 is 5.32 Å². The number of carboxylic acid groups (broad SMARTS) is 1. The summed E-state index contributed by atoms with van der Waals surface area (Å²) in [7, 11) is 3.75. The minimum atomic E-state index is -0.853. The molecular formula is C16H24N2O2. The number of rotatable bonds is 5. The number of aliphatic carboxylic acids is 1. The Labute approximate surface area is 121 Å². The van der Waals surface area contributed by atoms with E-state index in [9.17, 15) is 10.1 Å². The highest BCUT2D eigenvalue weighted by Gasteiger charge is 2.34. The van der Waals surface area contributed by atoms with E-state index in [1.54, 1.807) is 6.92 Å². The number of nitriles is 1. The van der Waals surface area contributed by atoms with Gasteiger partial charge in [-0.15, -0.1) is 0 Å². The Morgan fingerprint density at radius 3 is 2.25 bits per heavy atom. The third kappa shape index (κ3) is 5.02. The Kier molecular flexibility index (Phi) is 8.26. The van der Waals surface area contributed by atoms with Crippen LogP contribution >= 0.6 is 0 Å². The second-order valence-electron chi connectivity index (χ2n) is 4.86. The highest BCUT2D eigenvalue weighted by atomic mass is 16.4. The molecule has 0 saturated heterocycles. The normalized spacial score (nSPS) is 14.2. The van der Waals surface area contributed by atoms with Crippen LogP contribution in [-0.4, -0.2) is 25.2 Å². The largest absolute Gasteiger partial charge is 0.481 e. The fourth-order valence-corrected chi connectivity index (χ4v) is 2.02. The van der Waals surface area contributed by atoms with Gasteiger partial charge in [0, 0.05) is 0 Å². The van der Waals surface area contributed by atoms with Gasteiger partial charge in [0.15, 0.2) is 0 Å². The minimum absolute atomic E-state index is 0.347. The van der Waals surface area contributed by atoms with E-state index in [1.807, 2.05) is 51.4 Å². The highest BCUT2D eigenvalue weighted by Crippen LogP contribution is 2.34. The van der Waals surface area contributed by atoms with E-state index < -0.39 is 17.3 Å². The Morgan fingerprint density at radius 2 is 1.90 bits per heavy atom. The van der Waals surface area contributed by atoms with Gasteiger partial charge in [0.25, 0.3) is 0 Å². The van der Waals surface area contributed by atoms with Crippen LogP contribution in [0.5, 0.6) is 0 Å². The third-order valence-corrected chi connectivity index (χ3v) is 3.22. The average Bonchev–Trinajstić information content (AvgIpc) is 2.46. The molecule has 0 aromatic heterocycles. The molecule has 1 rings (SSSR count). The monoisotopic (exact) mass is 276 g/mol. The number of hydrogen-bond acceptors (Lipinski definition) is 3. The SMILES string of the molecule is CCC(C#N)(CC(C)C(=O)O)c1ccccc1.CNC. The summed E-state index contributed by atoms with van der Waals surface area (Å²) in [4.78, 5) is 10.9. The van der Waals surface area contributed by atoms with Crippen LogP contribution in [0.4, 0.5) is 0 Å². The Hall–Kier alpha value is -1.86. The quantitative estimate of drug-likeness (QED) is 0.867. The smallest absolute Gasteiger partial charge is 0.306 e. The van der Waals surface area contributed by atoms with E-state index in [1.165, 1.54) is 0 Å². The van der Waals surface area contributed by atoms with Crippen LogP contribution in [0, 0.1) is 17.2 Å². The number of carbonyl (C=O) groups is 1. The lowest BCUT2D eigenvalue weighted by atomic mass is 9.73. The summed E-state index contributed by atoms with van der Waals surface area (Å²) in [5.41, 5.74) is 0.206. The van der Waals surface area contributed by atoms with Crippen molar-refractivity contribution < 1.29 is 9.90 Å². The van der Waals surface area contributed by atoms with Crippen molar-refractivity contribution in [3.8, 4) is 6.07 Å². The van der Waals surface area contributed by atoms with Crippen LogP contribution in [0.2, 0.25) is 0 Å². The first kappa shape index (κ1) is 18.1. The molecule has 0 aliphatic carbocycles. The second kappa shape index (κ2) is 9.11. The van der Waals surface area contributed by atoms with Gasteiger partial charge in [-0.1, -0.05) is 44.2 Å². The van der Waals surface area contributed by atoms with Gasteiger partial charge in [0.05, 0.1) is 17.4 Å². The molecule has 0 fully saturated rings.